The van der Waals surface area contributed by atoms with Gasteiger partial charge < -0.3 is 11.1 Å². The molecule has 3 nitrogen and oxygen atoms in total. The number of thiazole rings is 1. The maximum absolute atomic E-state index is 5.94. The molecule has 0 aliphatic carbocycles. The van der Waals surface area contributed by atoms with Gasteiger partial charge in [0.1, 0.15) is 5.01 Å². The molecule has 0 spiro atoms. The van der Waals surface area contributed by atoms with Crippen LogP contribution < -0.4 is 11.1 Å². The molecule has 0 saturated carbocycles. The highest BCUT2D eigenvalue weighted by molar-refractivity contribution is 14.1. The minimum atomic E-state index is 0.183. The van der Waals surface area contributed by atoms with Crippen molar-refractivity contribution in [1.29, 1.82) is 0 Å². The molecule has 0 bridgehead atoms. The predicted octanol–water partition coefficient (Wildman–Crippen LogP) is 3.50. The van der Waals surface area contributed by atoms with Crippen LogP contribution in [0.25, 0.3) is 0 Å². The van der Waals surface area contributed by atoms with Crippen molar-refractivity contribution in [2.24, 2.45) is 0 Å². The molecule has 1 unspecified atom stereocenters. The van der Waals surface area contributed by atoms with E-state index in [9.17, 15) is 0 Å². The first-order chi connectivity index (χ1) is 7.66. The van der Waals surface area contributed by atoms with Crippen LogP contribution in [-0.4, -0.2) is 4.98 Å². The summed E-state index contributed by atoms with van der Waals surface area (Å²) in [6, 6.07) is 6.18. The fraction of sp³-hybridized carbons (Fsp3) is 0.182. The molecule has 2 rings (SSSR count). The molecular formula is C11H12IN3S. The number of benzene rings is 1. The first-order valence-corrected chi connectivity index (χ1v) is 6.83. The van der Waals surface area contributed by atoms with E-state index in [0.29, 0.717) is 0 Å². The minimum absolute atomic E-state index is 0.183. The number of anilines is 2. The summed E-state index contributed by atoms with van der Waals surface area (Å²) in [5.74, 6) is 0. The van der Waals surface area contributed by atoms with E-state index in [-0.39, 0.29) is 6.04 Å². The van der Waals surface area contributed by atoms with Crippen LogP contribution in [0.4, 0.5) is 11.4 Å². The Balaban J connectivity index is 2.15. The van der Waals surface area contributed by atoms with E-state index in [4.69, 9.17) is 5.73 Å². The Morgan fingerprint density at radius 3 is 2.94 bits per heavy atom. The topological polar surface area (TPSA) is 50.9 Å². The first kappa shape index (κ1) is 11.7. The molecule has 84 valence electrons. The molecule has 0 aliphatic rings. The highest BCUT2D eigenvalue weighted by Gasteiger charge is 2.09. The Labute approximate surface area is 112 Å². The van der Waals surface area contributed by atoms with Crippen LogP contribution >= 0.6 is 33.9 Å². The Bertz CT molecular complexity index is 470. The lowest BCUT2D eigenvalue weighted by Crippen LogP contribution is -2.08. The quantitative estimate of drug-likeness (QED) is 0.661. The number of nitrogens with zero attached hydrogens (tertiary/aromatic N) is 1. The van der Waals surface area contributed by atoms with Crippen molar-refractivity contribution in [1.82, 2.24) is 4.98 Å². The van der Waals surface area contributed by atoms with Crippen molar-refractivity contribution < 1.29 is 0 Å². The third-order valence-electron chi connectivity index (χ3n) is 2.21. The average molecular weight is 345 g/mol. The van der Waals surface area contributed by atoms with Gasteiger partial charge in [-0.05, 0) is 47.7 Å². The van der Waals surface area contributed by atoms with Crippen LogP contribution in [0.5, 0.6) is 0 Å². The van der Waals surface area contributed by atoms with E-state index in [1.165, 1.54) is 0 Å². The summed E-state index contributed by atoms with van der Waals surface area (Å²) in [6.07, 6.45) is 1.81. The van der Waals surface area contributed by atoms with E-state index in [1.807, 2.05) is 29.8 Å². The zero-order valence-corrected chi connectivity index (χ0v) is 11.7. The molecule has 0 radical (unpaired) electrons. The lowest BCUT2D eigenvalue weighted by atomic mass is 10.2. The number of nitrogen functional groups attached to an aromatic ring is 1. The largest absolute Gasteiger partial charge is 0.397 e. The zero-order valence-electron chi connectivity index (χ0n) is 8.77. The van der Waals surface area contributed by atoms with E-state index >= 15 is 0 Å². The molecule has 5 heteroatoms. The summed E-state index contributed by atoms with van der Waals surface area (Å²) in [5.41, 5.74) is 7.67. The number of hydrogen-bond acceptors (Lipinski definition) is 4. The molecule has 0 amide bonds. The summed E-state index contributed by atoms with van der Waals surface area (Å²) in [6.45, 7) is 2.08. The molecule has 1 atom stereocenters. The zero-order chi connectivity index (χ0) is 11.5. The van der Waals surface area contributed by atoms with Crippen LogP contribution in [-0.2, 0) is 0 Å². The van der Waals surface area contributed by atoms with Gasteiger partial charge in [0.15, 0.2) is 0 Å². The van der Waals surface area contributed by atoms with E-state index in [1.54, 1.807) is 11.3 Å². The second-order valence-corrected chi connectivity index (χ2v) is 5.64. The van der Waals surface area contributed by atoms with Gasteiger partial charge in [0, 0.05) is 15.1 Å². The molecule has 16 heavy (non-hydrogen) atoms. The first-order valence-electron chi connectivity index (χ1n) is 4.88. The highest BCUT2D eigenvalue weighted by atomic mass is 127. The van der Waals surface area contributed by atoms with Gasteiger partial charge in [0.05, 0.1) is 17.4 Å². The van der Waals surface area contributed by atoms with Crippen molar-refractivity contribution in [2.75, 3.05) is 11.1 Å². The maximum atomic E-state index is 5.94. The van der Waals surface area contributed by atoms with Crippen LogP contribution in [0.15, 0.2) is 29.8 Å². The maximum Gasteiger partial charge on any atom is 0.115 e. The van der Waals surface area contributed by atoms with E-state index in [0.717, 1.165) is 20.0 Å². The second-order valence-electron chi connectivity index (χ2n) is 3.47. The molecule has 0 saturated heterocycles. The van der Waals surface area contributed by atoms with Gasteiger partial charge in [0.25, 0.3) is 0 Å². The second kappa shape index (κ2) is 5.01. The average Bonchev–Trinajstić information content (AvgIpc) is 2.75. The summed E-state index contributed by atoms with van der Waals surface area (Å²) in [4.78, 5) is 4.27. The Morgan fingerprint density at radius 1 is 1.50 bits per heavy atom. The van der Waals surface area contributed by atoms with Crippen LogP contribution in [0.3, 0.4) is 0 Å². The molecule has 1 aromatic carbocycles. The molecule has 2 aromatic rings. The fourth-order valence-corrected chi connectivity index (χ4v) is 2.57. The molecule has 0 aliphatic heterocycles. The molecular weight excluding hydrogens is 333 g/mol. The van der Waals surface area contributed by atoms with Crippen molar-refractivity contribution in [3.05, 3.63) is 38.4 Å². The lowest BCUT2D eigenvalue weighted by molar-refractivity contribution is 0.870. The summed E-state index contributed by atoms with van der Waals surface area (Å²) in [7, 11) is 0. The number of halogens is 1. The van der Waals surface area contributed by atoms with Crippen LogP contribution in [0, 0.1) is 3.57 Å². The van der Waals surface area contributed by atoms with Gasteiger partial charge in [0.2, 0.25) is 0 Å². The minimum Gasteiger partial charge on any atom is -0.397 e. The Morgan fingerprint density at radius 2 is 2.31 bits per heavy atom. The lowest BCUT2D eigenvalue weighted by Gasteiger charge is -2.14. The van der Waals surface area contributed by atoms with Crippen molar-refractivity contribution >= 4 is 45.3 Å². The predicted molar refractivity (Wildman–Crippen MR) is 77.7 cm³/mol. The summed E-state index contributed by atoms with van der Waals surface area (Å²) in [5, 5.41) is 6.40. The van der Waals surface area contributed by atoms with Gasteiger partial charge in [-0.15, -0.1) is 11.3 Å². The number of nitrogens with one attached hydrogen (secondary N) is 1. The summed E-state index contributed by atoms with van der Waals surface area (Å²) >= 11 is 3.89. The normalized spacial score (nSPS) is 12.4. The van der Waals surface area contributed by atoms with Crippen molar-refractivity contribution in [3.63, 3.8) is 0 Å². The number of hydrogen-bond donors (Lipinski definition) is 2. The van der Waals surface area contributed by atoms with Crippen LogP contribution in [0.1, 0.15) is 18.0 Å². The van der Waals surface area contributed by atoms with Gasteiger partial charge in [-0.1, -0.05) is 0 Å². The monoisotopic (exact) mass is 345 g/mol. The Kier molecular flexibility index (Phi) is 3.65. The standard InChI is InChI=1S/C11H12IN3S/c1-7(11-14-4-5-16-11)15-10-3-2-8(12)6-9(10)13/h2-7,15H,13H2,1H3. The van der Waals surface area contributed by atoms with Gasteiger partial charge in [-0.3, -0.25) is 0 Å². The molecule has 1 aromatic heterocycles. The van der Waals surface area contributed by atoms with E-state index < -0.39 is 0 Å². The summed E-state index contributed by atoms with van der Waals surface area (Å²) < 4.78 is 1.14. The fourth-order valence-electron chi connectivity index (χ4n) is 1.41. The molecule has 3 N–H and O–H groups in total. The Hall–Kier alpha value is -0.820. The smallest absolute Gasteiger partial charge is 0.115 e. The molecule has 1 heterocycles. The molecule has 0 fully saturated rings. The number of nitrogens with two attached hydrogens (primary N) is 1. The third kappa shape index (κ3) is 2.65. The number of rotatable bonds is 3. The number of aromatic nitrogens is 1. The van der Waals surface area contributed by atoms with Crippen molar-refractivity contribution in [3.8, 4) is 0 Å². The van der Waals surface area contributed by atoms with Gasteiger partial charge in [-0.2, -0.15) is 0 Å². The third-order valence-corrected chi connectivity index (χ3v) is 3.84. The van der Waals surface area contributed by atoms with Gasteiger partial charge in [-0.25, -0.2) is 4.98 Å². The van der Waals surface area contributed by atoms with Crippen LogP contribution in [0.2, 0.25) is 0 Å². The van der Waals surface area contributed by atoms with Crippen molar-refractivity contribution in [2.45, 2.75) is 13.0 Å². The van der Waals surface area contributed by atoms with Gasteiger partial charge >= 0.3 is 0 Å². The SMILES string of the molecule is CC(Nc1ccc(I)cc1N)c1nccs1. The van der Waals surface area contributed by atoms with E-state index in [2.05, 4.69) is 39.8 Å². The highest BCUT2D eigenvalue weighted by Crippen LogP contribution is 2.26.